The van der Waals surface area contributed by atoms with Crippen LogP contribution in [-0.2, 0) is 6.42 Å². The normalized spacial score (nSPS) is 19.9. The summed E-state index contributed by atoms with van der Waals surface area (Å²) in [5.74, 6) is 0.588. The van der Waals surface area contributed by atoms with E-state index < -0.39 is 5.82 Å². The molecule has 8 rings (SSSR count). The van der Waals surface area contributed by atoms with Crippen LogP contribution in [0.2, 0.25) is 0 Å². The number of rotatable bonds is 6. The Kier molecular flexibility index (Phi) is 6.57. The van der Waals surface area contributed by atoms with Crippen molar-refractivity contribution in [3.8, 4) is 11.8 Å². The highest BCUT2D eigenvalue weighted by Crippen LogP contribution is 2.34. The van der Waals surface area contributed by atoms with Crippen molar-refractivity contribution < 1.29 is 13.9 Å². The third-order valence-corrected chi connectivity index (χ3v) is 8.79. The van der Waals surface area contributed by atoms with E-state index in [1.165, 1.54) is 6.07 Å². The molecular weight excluding hydrogens is 535 g/mol. The van der Waals surface area contributed by atoms with E-state index in [-0.39, 0.29) is 35.2 Å². The summed E-state index contributed by atoms with van der Waals surface area (Å²) in [7, 11) is 0. The summed E-state index contributed by atoms with van der Waals surface area (Å²) in [6, 6.07) is 15.7. The second-order valence-corrected chi connectivity index (χ2v) is 11.4. The number of nitrogens with zero attached hydrogens (tertiary/aromatic N) is 5. The second kappa shape index (κ2) is 10.6. The van der Waals surface area contributed by atoms with Gasteiger partial charge in [-0.3, -0.25) is 9.59 Å². The number of nitriles is 1. The van der Waals surface area contributed by atoms with Crippen LogP contribution < -0.4 is 15.2 Å². The fourth-order valence-corrected chi connectivity index (χ4v) is 6.26. The van der Waals surface area contributed by atoms with Gasteiger partial charge >= 0.3 is 0 Å². The highest BCUT2D eigenvalue weighted by atomic mass is 19.1. The summed E-state index contributed by atoms with van der Waals surface area (Å²) in [6.07, 6.45) is 7.02. The summed E-state index contributed by atoms with van der Waals surface area (Å²) in [5.41, 5.74) is 1.59. The number of ether oxygens (including phenoxy) is 1. The van der Waals surface area contributed by atoms with E-state index in [4.69, 9.17) is 10.00 Å². The SMILES string of the molecule is N#Cc1ccc(N2CC3CCC2CN3C(=O)c2cc(Cc3n[nH]c(=O)c4ccc(OC5CCC5)cc34)ccc2F)nc1. The lowest BCUT2D eigenvalue weighted by molar-refractivity contribution is 0.0499. The van der Waals surface area contributed by atoms with Crippen molar-refractivity contribution in [3.05, 3.63) is 93.3 Å². The first-order valence-electron chi connectivity index (χ1n) is 14.4. The van der Waals surface area contributed by atoms with Gasteiger partial charge in [0.2, 0.25) is 0 Å². The molecule has 4 aliphatic rings. The summed E-state index contributed by atoms with van der Waals surface area (Å²) in [5, 5.41) is 17.1. The molecule has 2 aromatic heterocycles. The standard InChI is InChI=1S/C32H29FN6O3/c33-28-10-4-19(13-29-26-14-24(42-23-2-1-3-23)8-9-25(26)31(40)37-36-29)12-27(28)32(41)39-18-21-6-7-22(39)17-38(21)30-11-5-20(15-34)16-35-30/h4-5,8-12,14,16,21-23H,1-3,6-7,13,17-18H2,(H,37,40). The van der Waals surface area contributed by atoms with Crippen molar-refractivity contribution in [3.63, 3.8) is 0 Å². The van der Waals surface area contributed by atoms with Gasteiger partial charge in [-0.2, -0.15) is 10.4 Å². The van der Waals surface area contributed by atoms with Crippen LogP contribution in [0.3, 0.4) is 0 Å². The third kappa shape index (κ3) is 4.75. The lowest BCUT2D eigenvalue weighted by Crippen LogP contribution is -2.64. The van der Waals surface area contributed by atoms with Crippen LogP contribution in [-0.4, -0.2) is 57.3 Å². The van der Waals surface area contributed by atoms with E-state index in [1.807, 2.05) is 12.1 Å². The zero-order valence-corrected chi connectivity index (χ0v) is 22.9. The van der Waals surface area contributed by atoms with Gasteiger partial charge < -0.3 is 14.5 Å². The largest absolute Gasteiger partial charge is 0.490 e. The Labute approximate surface area is 241 Å². The Bertz CT molecular complexity index is 1780. The number of amides is 1. The number of nitrogens with one attached hydrogen (secondary N) is 1. The summed E-state index contributed by atoms with van der Waals surface area (Å²) < 4.78 is 21.2. The maximum atomic E-state index is 15.1. The van der Waals surface area contributed by atoms with Crippen LogP contribution in [0.15, 0.2) is 59.5 Å². The molecule has 2 atom stereocenters. The molecule has 212 valence electrons. The van der Waals surface area contributed by atoms with Gasteiger partial charge in [-0.25, -0.2) is 14.5 Å². The number of carbonyl (C=O) groups is 1. The number of piperidine rings is 2. The predicted molar refractivity (Wildman–Crippen MR) is 154 cm³/mol. The topological polar surface area (TPSA) is 115 Å². The predicted octanol–water partition coefficient (Wildman–Crippen LogP) is 4.34. The summed E-state index contributed by atoms with van der Waals surface area (Å²) in [6.45, 7) is 1.08. The molecule has 10 heteroatoms. The van der Waals surface area contributed by atoms with E-state index in [1.54, 1.807) is 41.4 Å². The van der Waals surface area contributed by atoms with Crippen molar-refractivity contribution in [2.45, 2.75) is 56.7 Å². The fourth-order valence-electron chi connectivity index (χ4n) is 6.26. The maximum absolute atomic E-state index is 15.1. The molecule has 4 fully saturated rings. The minimum Gasteiger partial charge on any atom is -0.490 e. The van der Waals surface area contributed by atoms with Crippen LogP contribution in [0, 0.1) is 17.1 Å². The number of halogens is 1. The Hall–Kier alpha value is -4.78. The molecule has 3 aliphatic heterocycles. The lowest BCUT2D eigenvalue weighted by atomic mass is 9.89. The van der Waals surface area contributed by atoms with Crippen LogP contribution >= 0.6 is 0 Å². The van der Waals surface area contributed by atoms with Crippen LogP contribution in [0.4, 0.5) is 10.2 Å². The Morgan fingerprint density at radius 3 is 2.62 bits per heavy atom. The minimum absolute atomic E-state index is 0.0332. The zero-order chi connectivity index (χ0) is 28.8. The maximum Gasteiger partial charge on any atom is 0.272 e. The molecular formula is C32H29FN6O3. The minimum atomic E-state index is -0.564. The molecule has 2 bridgehead atoms. The number of hydrogen-bond donors (Lipinski definition) is 1. The smallest absolute Gasteiger partial charge is 0.272 e. The average Bonchev–Trinajstić information content (AvgIpc) is 3.01. The number of pyridine rings is 1. The number of benzene rings is 2. The molecule has 9 nitrogen and oxygen atoms in total. The van der Waals surface area contributed by atoms with E-state index in [9.17, 15) is 9.59 Å². The first-order valence-corrected chi connectivity index (χ1v) is 14.4. The number of anilines is 1. The van der Waals surface area contributed by atoms with Crippen LogP contribution in [0.25, 0.3) is 10.8 Å². The van der Waals surface area contributed by atoms with E-state index in [2.05, 4.69) is 26.2 Å². The number of hydrogen-bond acceptors (Lipinski definition) is 7. The molecule has 1 aliphatic carbocycles. The Balaban J connectivity index is 1.12. The first-order chi connectivity index (χ1) is 20.5. The lowest BCUT2D eigenvalue weighted by Gasteiger charge is -2.52. The van der Waals surface area contributed by atoms with Crippen molar-refractivity contribution in [1.29, 1.82) is 5.26 Å². The Morgan fingerprint density at radius 2 is 1.90 bits per heavy atom. The van der Waals surface area contributed by atoms with Gasteiger partial charge in [-0.1, -0.05) is 6.07 Å². The number of piperazine rings is 1. The third-order valence-electron chi connectivity index (χ3n) is 8.79. The number of H-pyrrole nitrogens is 1. The average molecular weight is 565 g/mol. The summed E-state index contributed by atoms with van der Waals surface area (Å²) in [4.78, 5) is 34.6. The molecule has 0 spiro atoms. The molecule has 2 aromatic carbocycles. The van der Waals surface area contributed by atoms with Gasteiger partial charge in [-0.15, -0.1) is 0 Å². The molecule has 0 radical (unpaired) electrons. The molecule has 42 heavy (non-hydrogen) atoms. The molecule has 1 N–H and O–H groups in total. The van der Waals surface area contributed by atoms with Crippen molar-refractivity contribution in [1.82, 2.24) is 20.1 Å². The number of aromatic amines is 1. The fraction of sp³-hybridized carbons (Fsp3) is 0.344. The number of aromatic nitrogens is 3. The van der Waals surface area contributed by atoms with Gasteiger partial charge in [0, 0.05) is 43.2 Å². The van der Waals surface area contributed by atoms with E-state index in [0.717, 1.165) is 43.5 Å². The number of fused-ring (bicyclic) bond motifs is 4. The van der Waals surface area contributed by atoms with Gasteiger partial charge in [0.15, 0.2) is 0 Å². The molecule has 5 heterocycles. The number of carbonyl (C=O) groups excluding carboxylic acids is 1. The van der Waals surface area contributed by atoms with Gasteiger partial charge in [0.25, 0.3) is 11.5 Å². The zero-order valence-electron chi connectivity index (χ0n) is 22.9. The van der Waals surface area contributed by atoms with Gasteiger partial charge in [-0.05, 0) is 80.1 Å². The second-order valence-electron chi connectivity index (χ2n) is 11.4. The highest BCUT2D eigenvalue weighted by molar-refractivity contribution is 5.95. The molecule has 4 aromatic rings. The summed E-state index contributed by atoms with van der Waals surface area (Å²) >= 11 is 0. The monoisotopic (exact) mass is 564 g/mol. The van der Waals surface area contributed by atoms with Gasteiger partial charge in [0.05, 0.1) is 28.3 Å². The molecule has 1 amide bonds. The molecule has 2 unspecified atom stereocenters. The molecule has 1 saturated carbocycles. The highest BCUT2D eigenvalue weighted by Gasteiger charge is 2.42. The quantitative estimate of drug-likeness (QED) is 0.370. The van der Waals surface area contributed by atoms with E-state index >= 15 is 4.39 Å². The molecule has 3 saturated heterocycles. The Morgan fingerprint density at radius 1 is 1.05 bits per heavy atom. The van der Waals surface area contributed by atoms with Crippen molar-refractivity contribution in [2.24, 2.45) is 0 Å². The van der Waals surface area contributed by atoms with Crippen molar-refractivity contribution in [2.75, 3.05) is 18.0 Å². The first kappa shape index (κ1) is 26.1. The van der Waals surface area contributed by atoms with Gasteiger partial charge in [0.1, 0.15) is 23.5 Å². The van der Waals surface area contributed by atoms with Crippen LogP contribution in [0.5, 0.6) is 5.75 Å². The van der Waals surface area contributed by atoms with Crippen molar-refractivity contribution >= 4 is 22.5 Å². The van der Waals surface area contributed by atoms with Crippen LogP contribution in [0.1, 0.15) is 59.3 Å². The van der Waals surface area contributed by atoms with E-state index in [0.29, 0.717) is 47.3 Å².